The van der Waals surface area contributed by atoms with Crippen LogP contribution in [0, 0.1) is 5.92 Å². The van der Waals surface area contributed by atoms with E-state index in [1.807, 2.05) is 43.4 Å². The van der Waals surface area contributed by atoms with Crippen molar-refractivity contribution in [2.45, 2.75) is 38.1 Å². The van der Waals surface area contributed by atoms with Crippen molar-refractivity contribution in [3.8, 4) is 0 Å². The zero-order valence-electron chi connectivity index (χ0n) is 17.0. The number of likely N-dealkylation sites (N-methyl/N-ethyl adjacent to an activating group) is 1. The van der Waals surface area contributed by atoms with Crippen LogP contribution in [0.2, 0.25) is 0 Å². The SMILES string of the molecule is CCN(C)CC1CCC2CNc3ccc(C(F)(F)F)cc3C2O1.c1ccccc1. The number of ether oxygens (including phenoxy) is 1. The van der Waals surface area contributed by atoms with Crippen molar-refractivity contribution in [1.29, 1.82) is 0 Å². The van der Waals surface area contributed by atoms with Gasteiger partial charge in [-0.1, -0.05) is 43.3 Å². The van der Waals surface area contributed by atoms with Gasteiger partial charge in [0, 0.05) is 30.3 Å². The highest BCUT2D eigenvalue weighted by Gasteiger charge is 2.39. The Morgan fingerprint density at radius 2 is 1.72 bits per heavy atom. The summed E-state index contributed by atoms with van der Waals surface area (Å²) in [5.41, 5.74) is 0.818. The quantitative estimate of drug-likeness (QED) is 0.718. The second kappa shape index (κ2) is 9.63. The number of benzene rings is 2. The summed E-state index contributed by atoms with van der Waals surface area (Å²) in [6.07, 6.45) is -2.53. The smallest absolute Gasteiger partial charge is 0.384 e. The minimum Gasteiger partial charge on any atom is -0.384 e. The van der Waals surface area contributed by atoms with E-state index in [1.165, 1.54) is 12.1 Å². The van der Waals surface area contributed by atoms with Gasteiger partial charge >= 0.3 is 6.18 Å². The highest BCUT2D eigenvalue weighted by atomic mass is 19.4. The molecule has 29 heavy (non-hydrogen) atoms. The summed E-state index contributed by atoms with van der Waals surface area (Å²) in [4.78, 5) is 2.18. The Morgan fingerprint density at radius 1 is 1.07 bits per heavy atom. The maximum Gasteiger partial charge on any atom is 0.416 e. The standard InChI is InChI=1S/C17H23F3N2O.C6H6/c1-3-22(2)10-13-6-4-11-9-21-15-7-5-12(17(18,19)20)8-14(15)16(11)23-13;1-2-4-6-5-3-1/h5,7-8,11,13,16,21H,3-4,6,9-10H2,1-2H3;1-6H. The maximum absolute atomic E-state index is 13.0. The molecule has 4 rings (SSSR count). The van der Waals surface area contributed by atoms with Gasteiger partial charge in [0.25, 0.3) is 0 Å². The van der Waals surface area contributed by atoms with E-state index in [4.69, 9.17) is 4.74 Å². The van der Waals surface area contributed by atoms with Crippen LogP contribution in [0.1, 0.15) is 37.0 Å². The highest BCUT2D eigenvalue weighted by molar-refractivity contribution is 5.56. The van der Waals surface area contributed by atoms with Crippen LogP contribution < -0.4 is 5.32 Å². The summed E-state index contributed by atoms with van der Waals surface area (Å²) in [5.74, 6) is 0.245. The third kappa shape index (κ3) is 5.73. The highest BCUT2D eigenvalue weighted by Crippen LogP contribution is 2.44. The zero-order chi connectivity index (χ0) is 20.9. The molecule has 3 atom stereocenters. The number of alkyl halides is 3. The minimum absolute atomic E-state index is 0.0849. The van der Waals surface area contributed by atoms with Gasteiger partial charge in [0.15, 0.2) is 0 Å². The van der Waals surface area contributed by atoms with E-state index in [2.05, 4.69) is 17.1 Å². The average Bonchev–Trinajstić information content (AvgIpc) is 2.74. The fourth-order valence-corrected chi connectivity index (χ4v) is 3.85. The number of hydrogen-bond acceptors (Lipinski definition) is 3. The number of nitrogens with zero attached hydrogens (tertiary/aromatic N) is 1. The Hall–Kier alpha value is -2.05. The molecule has 1 fully saturated rings. The molecule has 2 aromatic rings. The molecule has 2 heterocycles. The number of rotatable bonds is 3. The number of nitrogens with one attached hydrogen (secondary N) is 1. The van der Waals surface area contributed by atoms with Gasteiger partial charge in [-0.05, 0) is 44.6 Å². The van der Waals surface area contributed by atoms with Gasteiger partial charge < -0.3 is 15.0 Å². The lowest BCUT2D eigenvalue weighted by molar-refractivity contribution is -0.138. The largest absolute Gasteiger partial charge is 0.416 e. The monoisotopic (exact) mass is 406 g/mol. The fourth-order valence-electron chi connectivity index (χ4n) is 3.85. The number of halogens is 3. The summed E-state index contributed by atoms with van der Waals surface area (Å²) in [5, 5.41) is 3.25. The van der Waals surface area contributed by atoms with E-state index in [0.717, 1.165) is 44.2 Å². The topological polar surface area (TPSA) is 24.5 Å². The third-order valence-electron chi connectivity index (χ3n) is 5.59. The van der Waals surface area contributed by atoms with Crippen LogP contribution in [0.25, 0.3) is 0 Å². The number of anilines is 1. The number of hydrogen-bond donors (Lipinski definition) is 1. The summed E-state index contributed by atoms with van der Waals surface area (Å²) < 4.78 is 45.2. The molecular formula is C23H29F3N2O. The van der Waals surface area contributed by atoms with Crippen molar-refractivity contribution in [3.05, 3.63) is 65.7 Å². The van der Waals surface area contributed by atoms with Crippen molar-refractivity contribution >= 4 is 5.69 Å². The van der Waals surface area contributed by atoms with E-state index >= 15 is 0 Å². The first-order valence-electron chi connectivity index (χ1n) is 10.2. The first-order chi connectivity index (χ1) is 13.9. The Labute approximate surface area is 170 Å². The van der Waals surface area contributed by atoms with E-state index in [1.54, 1.807) is 0 Å². The molecule has 0 spiro atoms. The molecule has 0 aliphatic carbocycles. The minimum atomic E-state index is -4.32. The van der Waals surface area contributed by atoms with Gasteiger partial charge in [-0.15, -0.1) is 0 Å². The number of fused-ring (bicyclic) bond motifs is 3. The van der Waals surface area contributed by atoms with Gasteiger partial charge in [-0.3, -0.25) is 0 Å². The molecule has 1 saturated heterocycles. The molecule has 0 bridgehead atoms. The molecule has 2 aliphatic rings. The molecular weight excluding hydrogens is 377 g/mol. The first-order valence-corrected chi connectivity index (χ1v) is 10.2. The van der Waals surface area contributed by atoms with Gasteiger partial charge in [0.05, 0.1) is 17.8 Å². The van der Waals surface area contributed by atoms with Gasteiger partial charge in [0.2, 0.25) is 0 Å². The van der Waals surface area contributed by atoms with Crippen LogP contribution in [-0.2, 0) is 10.9 Å². The van der Waals surface area contributed by atoms with E-state index in [-0.39, 0.29) is 18.1 Å². The molecule has 3 unspecified atom stereocenters. The fraction of sp³-hybridized carbons (Fsp3) is 0.478. The van der Waals surface area contributed by atoms with Crippen LogP contribution in [0.4, 0.5) is 18.9 Å². The van der Waals surface area contributed by atoms with Crippen molar-refractivity contribution in [2.75, 3.05) is 32.0 Å². The van der Waals surface area contributed by atoms with Crippen molar-refractivity contribution in [2.24, 2.45) is 5.92 Å². The molecule has 158 valence electrons. The summed E-state index contributed by atoms with van der Waals surface area (Å²) in [6.45, 7) is 4.60. The van der Waals surface area contributed by atoms with Crippen LogP contribution in [0.15, 0.2) is 54.6 Å². The molecule has 6 heteroatoms. The van der Waals surface area contributed by atoms with Crippen molar-refractivity contribution in [3.63, 3.8) is 0 Å². The predicted octanol–water partition coefficient (Wildman–Crippen LogP) is 5.61. The van der Waals surface area contributed by atoms with Gasteiger partial charge in [-0.25, -0.2) is 0 Å². The van der Waals surface area contributed by atoms with Crippen LogP contribution in [0.5, 0.6) is 0 Å². The van der Waals surface area contributed by atoms with Gasteiger partial charge in [-0.2, -0.15) is 13.2 Å². The van der Waals surface area contributed by atoms with Crippen LogP contribution in [-0.4, -0.2) is 37.7 Å². The van der Waals surface area contributed by atoms with Crippen LogP contribution >= 0.6 is 0 Å². The average molecular weight is 406 g/mol. The molecule has 2 aliphatic heterocycles. The van der Waals surface area contributed by atoms with Gasteiger partial charge in [0.1, 0.15) is 0 Å². The molecule has 0 saturated carbocycles. The predicted molar refractivity (Wildman–Crippen MR) is 110 cm³/mol. The van der Waals surface area contributed by atoms with Crippen molar-refractivity contribution < 1.29 is 17.9 Å². The second-order valence-corrected chi connectivity index (χ2v) is 7.71. The first kappa shape index (κ1) is 21.7. The third-order valence-corrected chi connectivity index (χ3v) is 5.59. The molecule has 3 nitrogen and oxygen atoms in total. The van der Waals surface area contributed by atoms with Crippen molar-refractivity contribution in [1.82, 2.24) is 4.90 Å². The summed E-state index contributed by atoms with van der Waals surface area (Å²) in [7, 11) is 2.04. The Kier molecular flexibility index (Phi) is 7.19. The molecule has 1 N–H and O–H groups in total. The maximum atomic E-state index is 13.0. The summed E-state index contributed by atoms with van der Waals surface area (Å²) in [6, 6.07) is 15.9. The molecule has 0 radical (unpaired) electrons. The molecule has 0 aromatic heterocycles. The Bertz CT molecular complexity index is 740. The van der Waals surface area contributed by atoms with E-state index in [9.17, 15) is 13.2 Å². The summed E-state index contributed by atoms with van der Waals surface area (Å²) >= 11 is 0. The van der Waals surface area contributed by atoms with Crippen LogP contribution in [0.3, 0.4) is 0 Å². The normalized spacial score (nSPS) is 23.3. The van der Waals surface area contributed by atoms with E-state index < -0.39 is 11.7 Å². The lowest BCUT2D eigenvalue weighted by Crippen LogP contribution is -2.41. The van der Waals surface area contributed by atoms with E-state index in [0.29, 0.717) is 5.56 Å². The Morgan fingerprint density at radius 3 is 2.31 bits per heavy atom. The lowest BCUT2D eigenvalue weighted by atomic mass is 9.83. The lowest BCUT2D eigenvalue weighted by Gasteiger charge is -2.42. The molecule has 2 aromatic carbocycles. The second-order valence-electron chi connectivity index (χ2n) is 7.71. The molecule has 0 amide bonds. The zero-order valence-corrected chi connectivity index (χ0v) is 17.0. The Balaban J connectivity index is 0.000000343.